The van der Waals surface area contributed by atoms with Crippen molar-refractivity contribution < 1.29 is 0 Å². The number of halogens is 2. The molecule has 1 aromatic rings. The zero-order valence-corrected chi connectivity index (χ0v) is 12.9. The Morgan fingerprint density at radius 3 is 2.56 bits per heavy atom. The van der Waals surface area contributed by atoms with Gasteiger partial charge in [0, 0.05) is 0 Å². The van der Waals surface area contributed by atoms with Crippen molar-refractivity contribution in [1.82, 2.24) is 0 Å². The van der Waals surface area contributed by atoms with Crippen LogP contribution in [0.3, 0.4) is 0 Å². The minimum absolute atomic E-state index is 0.406. The van der Waals surface area contributed by atoms with Gasteiger partial charge in [0.2, 0.25) is 0 Å². The monoisotopic (exact) mass is 364 g/mol. The van der Waals surface area contributed by atoms with E-state index in [1.807, 2.05) is 0 Å². The van der Waals surface area contributed by atoms with E-state index in [0.717, 1.165) is 16.7 Å². The molecule has 3 heteroatoms. The second-order valence-corrected chi connectivity index (χ2v) is 9.06. The Labute approximate surface area is 116 Å². The molecular weight excluding hydrogens is 350 g/mol. The van der Waals surface area contributed by atoms with Gasteiger partial charge in [0.25, 0.3) is 0 Å². The van der Waals surface area contributed by atoms with Gasteiger partial charge < -0.3 is 0 Å². The quantitative estimate of drug-likeness (QED) is 0.558. The van der Waals surface area contributed by atoms with Crippen LogP contribution in [-0.4, -0.2) is 25.2 Å². The molecule has 1 aromatic carbocycles. The second kappa shape index (κ2) is 4.65. The molecule has 0 N–H and O–H groups in total. The topological polar surface area (TPSA) is 0 Å². The van der Waals surface area contributed by atoms with Crippen molar-refractivity contribution in [3.63, 3.8) is 0 Å². The molecule has 2 bridgehead atoms. The van der Waals surface area contributed by atoms with Crippen molar-refractivity contribution in [2.45, 2.75) is 27.9 Å². The van der Waals surface area contributed by atoms with E-state index >= 15 is 0 Å². The van der Waals surface area contributed by atoms with E-state index in [-0.39, 0.29) is 0 Å². The van der Waals surface area contributed by atoms with Gasteiger partial charge in [-0.25, -0.2) is 0 Å². The molecule has 2 aliphatic rings. The molecule has 2 aliphatic carbocycles. The summed E-state index contributed by atoms with van der Waals surface area (Å²) in [5.74, 6) is 1.60. The standard InChI is InChI=1S/C13H14BrClSe/c14-11-7-8-6-10(11)12(15)13(8)16-9-4-2-1-3-5-9/h1-5,8,10-13H,6-7H2/t8-,10+,11+,12-,13-/m1/s1. The van der Waals surface area contributed by atoms with Crippen LogP contribution in [0.1, 0.15) is 12.8 Å². The van der Waals surface area contributed by atoms with Crippen LogP contribution in [0.2, 0.25) is 4.82 Å². The molecule has 2 fully saturated rings. The SMILES string of the molecule is Cl[C@@H]1[C@H]2C[C@H](C[C@@H]2Br)[C@H]1[Se]c1ccccc1. The van der Waals surface area contributed by atoms with Crippen molar-refractivity contribution in [3.05, 3.63) is 30.3 Å². The van der Waals surface area contributed by atoms with Crippen LogP contribution in [0, 0.1) is 11.8 Å². The van der Waals surface area contributed by atoms with Crippen LogP contribution in [0.4, 0.5) is 0 Å². The predicted octanol–water partition coefficient (Wildman–Crippen LogP) is 3.22. The number of rotatable bonds is 2. The van der Waals surface area contributed by atoms with Crippen LogP contribution in [0.25, 0.3) is 0 Å². The maximum atomic E-state index is 6.61. The molecule has 0 saturated heterocycles. The van der Waals surface area contributed by atoms with Crippen LogP contribution in [-0.2, 0) is 0 Å². The Morgan fingerprint density at radius 2 is 1.94 bits per heavy atom. The molecular formula is C13H14BrClSe. The average molecular weight is 365 g/mol. The van der Waals surface area contributed by atoms with Gasteiger partial charge in [0.1, 0.15) is 0 Å². The summed E-state index contributed by atoms with van der Waals surface area (Å²) in [6, 6.07) is 10.9. The summed E-state index contributed by atoms with van der Waals surface area (Å²) < 4.78 is 1.50. The first kappa shape index (κ1) is 11.6. The molecule has 0 heterocycles. The van der Waals surface area contributed by atoms with Gasteiger partial charge in [-0.1, -0.05) is 0 Å². The van der Waals surface area contributed by atoms with E-state index in [1.165, 1.54) is 17.3 Å². The maximum absolute atomic E-state index is 6.61. The predicted molar refractivity (Wildman–Crippen MR) is 74.2 cm³/mol. The summed E-state index contributed by atoms with van der Waals surface area (Å²) in [4.78, 5) is 1.44. The van der Waals surface area contributed by atoms with Crippen molar-refractivity contribution in [3.8, 4) is 0 Å². The number of fused-ring (bicyclic) bond motifs is 2. The number of hydrogen-bond acceptors (Lipinski definition) is 0. The molecule has 0 nitrogen and oxygen atoms in total. The molecule has 0 amide bonds. The molecule has 86 valence electrons. The van der Waals surface area contributed by atoms with Gasteiger partial charge in [-0.2, -0.15) is 0 Å². The van der Waals surface area contributed by atoms with E-state index in [9.17, 15) is 0 Å². The van der Waals surface area contributed by atoms with Gasteiger partial charge in [-0.15, -0.1) is 0 Å². The summed E-state index contributed by atoms with van der Waals surface area (Å²) in [6.45, 7) is 0. The van der Waals surface area contributed by atoms with Crippen molar-refractivity contribution >= 4 is 46.9 Å². The van der Waals surface area contributed by atoms with E-state index in [4.69, 9.17) is 11.6 Å². The Kier molecular flexibility index (Phi) is 3.37. The van der Waals surface area contributed by atoms with Crippen molar-refractivity contribution in [1.29, 1.82) is 0 Å². The fourth-order valence-electron chi connectivity index (χ4n) is 2.98. The fourth-order valence-corrected chi connectivity index (χ4v) is 7.81. The van der Waals surface area contributed by atoms with E-state index in [2.05, 4.69) is 46.3 Å². The zero-order valence-electron chi connectivity index (χ0n) is 8.85. The van der Waals surface area contributed by atoms with Crippen molar-refractivity contribution in [2.75, 3.05) is 0 Å². The molecule has 16 heavy (non-hydrogen) atoms. The van der Waals surface area contributed by atoms with E-state index in [1.54, 1.807) is 0 Å². The van der Waals surface area contributed by atoms with Gasteiger partial charge >= 0.3 is 117 Å². The van der Waals surface area contributed by atoms with Gasteiger partial charge in [-0.05, 0) is 0 Å². The third kappa shape index (κ3) is 1.99. The number of hydrogen-bond donors (Lipinski definition) is 0. The van der Waals surface area contributed by atoms with Crippen LogP contribution >= 0.6 is 27.5 Å². The Bertz CT molecular complexity index is 367. The van der Waals surface area contributed by atoms with E-state index in [0.29, 0.717) is 25.2 Å². The van der Waals surface area contributed by atoms with Crippen LogP contribution < -0.4 is 4.46 Å². The summed E-state index contributed by atoms with van der Waals surface area (Å²) in [5, 5.41) is 0.406. The fraction of sp³-hybridized carbons (Fsp3) is 0.538. The molecule has 0 aromatic heterocycles. The Hall–Kier alpha value is 0.509. The first-order valence-electron chi connectivity index (χ1n) is 5.75. The molecule has 2 saturated carbocycles. The third-order valence-corrected chi connectivity index (χ3v) is 8.89. The first-order chi connectivity index (χ1) is 7.75. The summed E-state index contributed by atoms with van der Waals surface area (Å²) in [6.07, 6.45) is 2.69. The number of benzene rings is 1. The van der Waals surface area contributed by atoms with E-state index < -0.39 is 0 Å². The molecule has 0 radical (unpaired) electrons. The molecule has 0 aliphatic heterocycles. The van der Waals surface area contributed by atoms with Crippen LogP contribution in [0.5, 0.6) is 0 Å². The van der Waals surface area contributed by atoms with Crippen molar-refractivity contribution in [2.24, 2.45) is 11.8 Å². The Balaban J connectivity index is 1.74. The molecule has 0 unspecified atom stereocenters. The second-order valence-electron chi connectivity index (χ2n) is 4.75. The molecule has 5 atom stereocenters. The first-order valence-corrected chi connectivity index (χ1v) is 8.95. The van der Waals surface area contributed by atoms with Gasteiger partial charge in [-0.3, -0.25) is 0 Å². The molecule has 3 rings (SSSR count). The molecule has 0 spiro atoms. The normalized spacial score (nSPS) is 41.5. The number of alkyl halides is 2. The zero-order chi connectivity index (χ0) is 11.1. The summed E-state index contributed by atoms with van der Waals surface area (Å²) in [5.41, 5.74) is 0. The Morgan fingerprint density at radius 1 is 1.19 bits per heavy atom. The van der Waals surface area contributed by atoms with Crippen LogP contribution in [0.15, 0.2) is 30.3 Å². The average Bonchev–Trinajstić information content (AvgIpc) is 2.80. The van der Waals surface area contributed by atoms with Gasteiger partial charge in [0.15, 0.2) is 0 Å². The minimum atomic E-state index is 0.406. The summed E-state index contributed by atoms with van der Waals surface area (Å²) >= 11 is 10.9. The summed E-state index contributed by atoms with van der Waals surface area (Å²) in [7, 11) is 0. The third-order valence-electron chi connectivity index (χ3n) is 3.77. The van der Waals surface area contributed by atoms with Gasteiger partial charge in [0.05, 0.1) is 0 Å².